The standard InChI is InChI=1S/C12H16N2/c1-2-6-11-9(4-1)10-5-3-7-13-8-12(10)14-11/h2-3,6-12,14H,1,4-5H2. The Kier molecular flexibility index (Phi) is 2.02. The van der Waals surface area contributed by atoms with Crippen molar-refractivity contribution in [2.45, 2.75) is 31.3 Å². The van der Waals surface area contributed by atoms with Crippen molar-refractivity contribution >= 4 is 6.21 Å². The lowest BCUT2D eigenvalue weighted by molar-refractivity contribution is 0.353. The number of aliphatic imine (C=N–C) groups is 1. The second-order valence-corrected chi connectivity index (χ2v) is 4.47. The number of nitrogens with zero attached hydrogens (tertiary/aromatic N) is 1. The van der Waals surface area contributed by atoms with E-state index in [1.54, 1.807) is 0 Å². The molecule has 3 rings (SSSR count). The molecule has 2 aliphatic heterocycles. The SMILES string of the molecule is C1=CC2NC3C=NC=CCC3C2CC1. The van der Waals surface area contributed by atoms with Gasteiger partial charge in [-0.05, 0) is 31.1 Å². The van der Waals surface area contributed by atoms with E-state index in [4.69, 9.17) is 0 Å². The van der Waals surface area contributed by atoms with Gasteiger partial charge in [0.15, 0.2) is 0 Å². The lowest BCUT2D eigenvalue weighted by Crippen LogP contribution is -2.32. The largest absolute Gasteiger partial charge is 0.302 e. The number of hydrogen-bond donors (Lipinski definition) is 1. The fourth-order valence-corrected chi connectivity index (χ4v) is 3.02. The molecule has 3 aliphatic rings. The first-order valence-electron chi connectivity index (χ1n) is 5.56. The van der Waals surface area contributed by atoms with Crippen molar-refractivity contribution in [2.75, 3.05) is 0 Å². The van der Waals surface area contributed by atoms with Crippen molar-refractivity contribution < 1.29 is 0 Å². The minimum atomic E-state index is 0.503. The summed E-state index contributed by atoms with van der Waals surface area (Å²) in [5.74, 6) is 1.60. The Labute approximate surface area is 84.8 Å². The number of nitrogens with one attached hydrogen (secondary N) is 1. The Morgan fingerprint density at radius 2 is 2.14 bits per heavy atom. The highest BCUT2D eigenvalue weighted by Crippen LogP contribution is 2.37. The van der Waals surface area contributed by atoms with E-state index in [0.29, 0.717) is 12.1 Å². The maximum atomic E-state index is 4.28. The summed E-state index contributed by atoms with van der Waals surface area (Å²) in [5.41, 5.74) is 0. The van der Waals surface area contributed by atoms with Gasteiger partial charge in [-0.3, -0.25) is 4.99 Å². The second-order valence-electron chi connectivity index (χ2n) is 4.47. The van der Waals surface area contributed by atoms with Crippen LogP contribution >= 0.6 is 0 Å². The maximum absolute atomic E-state index is 4.28. The Morgan fingerprint density at radius 1 is 1.14 bits per heavy atom. The average molecular weight is 188 g/mol. The first-order valence-corrected chi connectivity index (χ1v) is 5.56. The van der Waals surface area contributed by atoms with Crippen molar-refractivity contribution in [3.63, 3.8) is 0 Å². The molecule has 14 heavy (non-hydrogen) atoms. The molecule has 2 nitrogen and oxygen atoms in total. The van der Waals surface area contributed by atoms with Gasteiger partial charge < -0.3 is 5.32 Å². The van der Waals surface area contributed by atoms with Crippen molar-refractivity contribution in [1.82, 2.24) is 5.32 Å². The smallest absolute Gasteiger partial charge is 0.0464 e. The molecule has 0 radical (unpaired) electrons. The Bertz CT molecular complexity index is 303. The molecule has 1 fully saturated rings. The van der Waals surface area contributed by atoms with Gasteiger partial charge in [0.25, 0.3) is 0 Å². The topological polar surface area (TPSA) is 24.4 Å². The summed E-state index contributed by atoms with van der Waals surface area (Å²) in [6.07, 6.45) is 14.7. The molecular formula is C12H16N2. The van der Waals surface area contributed by atoms with Crippen LogP contribution in [-0.4, -0.2) is 18.3 Å². The summed E-state index contributed by atoms with van der Waals surface area (Å²) in [6, 6.07) is 1.11. The second kappa shape index (κ2) is 3.35. The van der Waals surface area contributed by atoms with Crippen LogP contribution in [0.15, 0.2) is 29.4 Å². The molecule has 0 bridgehead atoms. The molecule has 0 amide bonds. The van der Waals surface area contributed by atoms with Gasteiger partial charge in [-0.2, -0.15) is 0 Å². The fraction of sp³-hybridized carbons (Fsp3) is 0.583. The number of rotatable bonds is 0. The highest BCUT2D eigenvalue weighted by atomic mass is 15.0. The van der Waals surface area contributed by atoms with Gasteiger partial charge in [0.1, 0.15) is 0 Å². The van der Waals surface area contributed by atoms with Gasteiger partial charge in [0, 0.05) is 24.5 Å². The third-order valence-electron chi connectivity index (χ3n) is 3.71. The van der Waals surface area contributed by atoms with Crippen LogP contribution in [-0.2, 0) is 0 Å². The predicted molar refractivity (Wildman–Crippen MR) is 58.3 cm³/mol. The zero-order valence-electron chi connectivity index (χ0n) is 8.26. The van der Waals surface area contributed by atoms with Crippen LogP contribution in [0.1, 0.15) is 19.3 Å². The Hall–Kier alpha value is -0.890. The normalized spacial score (nSPS) is 44.6. The van der Waals surface area contributed by atoms with Crippen LogP contribution in [0.5, 0.6) is 0 Å². The molecule has 2 heteroatoms. The van der Waals surface area contributed by atoms with E-state index < -0.39 is 0 Å². The highest BCUT2D eigenvalue weighted by molar-refractivity contribution is 5.67. The lowest BCUT2D eigenvalue weighted by atomic mass is 9.80. The van der Waals surface area contributed by atoms with Crippen molar-refractivity contribution in [3.8, 4) is 0 Å². The zero-order chi connectivity index (χ0) is 9.38. The van der Waals surface area contributed by atoms with Crippen molar-refractivity contribution in [1.29, 1.82) is 0 Å². The number of fused-ring (bicyclic) bond motifs is 3. The third-order valence-corrected chi connectivity index (χ3v) is 3.71. The fourth-order valence-electron chi connectivity index (χ4n) is 3.02. The molecular weight excluding hydrogens is 172 g/mol. The molecule has 0 spiro atoms. The summed E-state index contributed by atoms with van der Waals surface area (Å²) in [5, 5.41) is 3.66. The van der Waals surface area contributed by atoms with Gasteiger partial charge in [0.2, 0.25) is 0 Å². The van der Waals surface area contributed by atoms with Crippen LogP contribution in [0.3, 0.4) is 0 Å². The molecule has 0 saturated carbocycles. The van der Waals surface area contributed by atoms with Crippen LogP contribution in [0.2, 0.25) is 0 Å². The molecule has 4 unspecified atom stereocenters. The molecule has 74 valence electrons. The van der Waals surface area contributed by atoms with E-state index in [2.05, 4.69) is 34.8 Å². The Balaban J connectivity index is 1.87. The third kappa shape index (κ3) is 1.25. The molecule has 2 heterocycles. The van der Waals surface area contributed by atoms with Crippen molar-refractivity contribution in [2.24, 2.45) is 16.8 Å². The molecule has 0 aromatic heterocycles. The van der Waals surface area contributed by atoms with Crippen LogP contribution in [0.25, 0.3) is 0 Å². The summed E-state index contributed by atoms with van der Waals surface area (Å²) in [4.78, 5) is 4.28. The molecule has 1 N–H and O–H groups in total. The van der Waals surface area contributed by atoms with Crippen molar-refractivity contribution in [3.05, 3.63) is 24.4 Å². The van der Waals surface area contributed by atoms with E-state index in [0.717, 1.165) is 11.8 Å². The molecule has 1 saturated heterocycles. The van der Waals surface area contributed by atoms with Gasteiger partial charge in [-0.25, -0.2) is 0 Å². The zero-order valence-corrected chi connectivity index (χ0v) is 8.26. The van der Waals surface area contributed by atoms with E-state index in [1.165, 1.54) is 19.3 Å². The first-order chi connectivity index (χ1) is 6.95. The van der Waals surface area contributed by atoms with Crippen LogP contribution < -0.4 is 5.32 Å². The minimum absolute atomic E-state index is 0.503. The van der Waals surface area contributed by atoms with Gasteiger partial charge >= 0.3 is 0 Å². The predicted octanol–water partition coefficient (Wildman–Crippen LogP) is 1.90. The van der Waals surface area contributed by atoms with Crippen LogP contribution in [0, 0.1) is 11.8 Å². The molecule has 0 aromatic carbocycles. The van der Waals surface area contributed by atoms with Gasteiger partial charge in [0.05, 0.1) is 0 Å². The summed E-state index contributed by atoms with van der Waals surface area (Å²) < 4.78 is 0. The number of hydrogen-bond acceptors (Lipinski definition) is 2. The van der Waals surface area contributed by atoms with E-state index in [1.807, 2.05) is 6.20 Å². The molecule has 0 aromatic rings. The van der Waals surface area contributed by atoms with Gasteiger partial charge in [-0.1, -0.05) is 18.2 Å². The quantitative estimate of drug-likeness (QED) is 0.577. The van der Waals surface area contributed by atoms with E-state index in [9.17, 15) is 0 Å². The molecule has 4 atom stereocenters. The van der Waals surface area contributed by atoms with E-state index in [-0.39, 0.29) is 0 Å². The van der Waals surface area contributed by atoms with E-state index >= 15 is 0 Å². The summed E-state index contributed by atoms with van der Waals surface area (Å²) in [6.45, 7) is 0. The lowest BCUT2D eigenvalue weighted by Gasteiger charge is -2.24. The Morgan fingerprint density at radius 3 is 3.14 bits per heavy atom. The van der Waals surface area contributed by atoms with Gasteiger partial charge in [-0.15, -0.1) is 0 Å². The molecule has 1 aliphatic carbocycles. The first kappa shape index (κ1) is 8.42. The van der Waals surface area contributed by atoms with Crippen LogP contribution in [0.4, 0.5) is 0 Å². The number of allylic oxidation sites excluding steroid dienone is 2. The monoisotopic (exact) mass is 188 g/mol. The summed E-state index contributed by atoms with van der Waals surface area (Å²) >= 11 is 0. The average Bonchev–Trinajstić information content (AvgIpc) is 2.42. The highest BCUT2D eigenvalue weighted by Gasteiger charge is 2.40. The summed E-state index contributed by atoms with van der Waals surface area (Å²) in [7, 11) is 0. The maximum Gasteiger partial charge on any atom is 0.0464 e. The minimum Gasteiger partial charge on any atom is -0.302 e.